The highest BCUT2D eigenvalue weighted by Gasteiger charge is 2.31. The van der Waals surface area contributed by atoms with Crippen LogP contribution in [0.25, 0.3) is 0 Å². The normalized spacial score (nSPS) is 20.9. The van der Waals surface area contributed by atoms with Gasteiger partial charge in [0.15, 0.2) is 0 Å². The molecule has 1 heterocycles. The first-order valence-corrected chi connectivity index (χ1v) is 6.22. The fourth-order valence-electron chi connectivity index (χ4n) is 1.78. The van der Waals surface area contributed by atoms with E-state index in [1.165, 1.54) is 0 Å². The first-order chi connectivity index (χ1) is 7.58. The second-order valence-corrected chi connectivity index (χ2v) is 5.31. The van der Waals surface area contributed by atoms with Crippen molar-refractivity contribution in [1.29, 1.82) is 0 Å². The molecule has 1 aliphatic heterocycles. The van der Waals surface area contributed by atoms with Crippen molar-refractivity contribution in [3.63, 3.8) is 0 Å². The third-order valence-electron chi connectivity index (χ3n) is 2.81. The largest absolute Gasteiger partial charge is 0.273 e. The minimum Gasteiger partial charge on any atom is -0.273 e. The Labute approximate surface area is 104 Å². The topological polar surface area (TPSA) is 32.3 Å². The molecule has 1 aliphatic rings. The zero-order chi connectivity index (χ0) is 11.7. The van der Waals surface area contributed by atoms with E-state index in [9.17, 15) is 4.79 Å². The Balaban J connectivity index is 2.20. The third kappa shape index (κ3) is 2.28. The van der Waals surface area contributed by atoms with Crippen molar-refractivity contribution in [2.24, 2.45) is 5.92 Å². The molecule has 1 saturated heterocycles. The highest BCUT2D eigenvalue weighted by Crippen LogP contribution is 2.24. The summed E-state index contributed by atoms with van der Waals surface area (Å²) in [5, 5.41) is 1.65. The van der Waals surface area contributed by atoms with Crippen LogP contribution < -0.4 is 10.4 Å². The van der Waals surface area contributed by atoms with Gasteiger partial charge in [0.25, 0.3) is 0 Å². The molecule has 1 aromatic carbocycles. The molecule has 0 saturated carbocycles. The molecular formula is C12H15BrN2O. The molecule has 1 N–H and O–H groups in total. The van der Waals surface area contributed by atoms with Gasteiger partial charge in [-0.2, -0.15) is 0 Å². The number of nitrogens with one attached hydrogen (secondary N) is 1. The zero-order valence-electron chi connectivity index (χ0n) is 9.40. The van der Waals surface area contributed by atoms with E-state index in [-0.39, 0.29) is 11.9 Å². The summed E-state index contributed by atoms with van der Waals surface area (Å²) in [6.45, 7) is 4.24. The Kier molecular flexibility index (Phi) is 3.30. The Morgan fingerprint density at radius 2 is 2.25 bits per heavy atom. The summed E-state index contributed by atoms with van der Waals surface area (Å²) in [4.78, 5) is 11.8. The van der Waals surface area contributed by atoms with E-state index < -0.39 is 0 Å². The van der Waals surface area contributed by atoms with Gasteiger partial charge in [-0.3, -0.25) is 4.79 Å². The maximum absolute atomic E-state index is 11.8. The van der Waals surface area contributed by atoms with Gasteiger partial charge in [0, 0.05) is 16.9 Å². The number of hydrazine groups is 1. The Morgan fingerprint density at radius 1 is 1.50 bits per heavy atom. The van der Waals surface area contributed by atoms with Crippen LogP contribution in [0.4, 0.5) is 5.69 Å². The SMILES string of the molecule is CC(C)C1CC(=O)N(c2cccc(Br)c2)N1. The molecule has 1 aromatic rings. The van der Waals surface area contributed by atoms with E-state index >= 15 is 0 Å². The molecule has 1 unspecified atom stereocenters. The first kappa shape index (κ1) is 11.6. The lowest BCUT2D eigenvalue weighted by atomic mass is 10.0. The minimum absolute atomic E-state index is 0.136. The fourth-order valence-corrected chi connectivity index (χ4v) is 2.17. The van der Waals surface area contributed by atoms with Gasteiger partial charge in [-0.05, 0) is 24.1 Å². The van der Waals surface area contributed by atoms with E-state index in [0.29, 0.717) is 12.3 Å². The second kappa shape index (κ2) is 4.55. The molecule has 3 nitrogen and oxygen atoms in total. The molecule has 1 fully saturated rings. The number of hydrogen-bond acceptors (Lipinski definition) is 2. The number of carbonyl (C=O) groups excluding carboxylic acids is 1. The van der Waals surface area contributed by atoms with Gasteiger partial charge in [-0.15, -0.1) is 0 Å². The van der Waals surface area contributed by atoms with Crippen molar-refractivity contribution in [3.8, 4) is 0 Å². The van der Waals surface area contributed by atoms with E-state index in [1.54, 1.807) is 5.01 Å². The molecule has 0 bridgehead atoms. The highest BCUT2D eigenvalue weighted by molar-refractivity contribution is 9.10. The van der Waals surface area contributed by atoms with Crippen LogP contribution in [0, 0.1) is 5.92 Å². The highest BCUT2D eigenvalue weighted by atomic mass is 79.9. The maximum Gasteiger partial charge on any atom is 0.243 e. The van der Waals surface area contributed by atoms with Gasteiger partial charge in [0.1, 0.15) is 0 Å². The van der Waals surface area contributed by atoms with E-state index in [2.05, 4.69) is 35.2 Å². The number of rotatable bonds is 2. The van der Waals surface area contributed by atoms with Gasteiger partial charge in [0.05, 0.1) is 5.69 Å². The molecule has 16 heavy (non-hydrogen) atoms. The summed E-state index contributed by atoms with van der Waals surface area (Å²) in [5.41, 5.74) is 4.14. The Hall–Kier alpha value is -0.870. The van der Waals surface area contributed by atoms with Crippen molar-refractivity contribution >= 4 is 27.5 Å². The van der Waals surface area contributed by atoms with Crippen LogP contribution in [-0.4, -0.2) is 11.9 Å². The van der Waals surface area contributed by atoms with Crippen LogP contribution in [0.3, 0.4) is 0 Å². The molecule has 0 spiro atoms. The van der Waals surface area contributed by atoms with E-state index in [1.807, 2.05) is 24.3 Å². The number of halogens is 1. The molecule has 0 aliphatic carbocycles. The van der Waals surface area contributed by atoms with Crippen molar-refractivity contribution in [1.82, 2.24) is 5.43 Å². The lowest BCUT2D eigenvalue weighted by Gasteiger charge is -2.19. The molecule has 1 amide bonds. The first-order valence-electron chi connectivity index (χ1n) is 5.42. The number of hydrogen-bond donors (Lipinski definition) is 1. The summed E-state index contributed by atoms with van der Waals surface area (Å²) < 4.78 is 0.979. The van der Waals surface area contributed by atoms with Crippen LogP contribution in [0.2, 0.25) is 0 Å². The Morgan fingerprint density at radius 3 is 2.81 bits per heavy atom. The summed E-state index contributed by atoms with van der Waals surface area (Å²) in [7, 11) is 0. The summed E-state index contributed by atoms with van der Waals surface area (Å²) in [6, 6.07) is 7.99. The van der Waals surface area contributed by atoms with Gasteiger partial charge in [-0.1, -0.05) is 35.8 Å². The monoisotopic (exact) mass is 282 g/mol. The number of nitrogens with zero attached hydrogens (tertiary/aromatic N) is 1. The van der Waals surface area contributed by atoms with Gasteiger partial charge < -0.3 is 0 Å². The van der Waals surface area contributed by atoms with Gasteiger partial charge >= 0.3 is 0 Å². The van der Waals surface area contributed by atoms with Crippen molar-refractivity contribution < 1.29 is 4.79 Å². The molecule has 86 valence electrons. The molecule has 2 rings (SSSR count). The quantitative estimate of drug-likeness (QED) is 0.905. The third-order valence-corrected chi connectivity index (χ3v) is 3.30. The van der Waals surface area contributed by atoms with Crippen molar-refractivity contribution in [2.45, 2.75) is 26.3 Å². The number of amides is 1. The lowest BCUT2D eigenvalue weighted by molar-refractivity contribution is -0.117. The lowest BCUT2D eigenvalue weighted by Crippen LogP contribution is -2.39. The fraction of sp³-hybridized carbons (Fsp3) is 0.417. The average Bonchev–Trinajstić information content (AvgIpc) is 2.60. The number of benzene rings is 1. The van der Waals surface area contributed by atoms with Crippen LogP contribution in [0.5, 0.6) is 0 Å². The van der Waals surface area contributed by atoms with Gasteiger partial charge in [0.2, 0.25) is 5.91 Å². The van der Waals surface area contributed by atoms with Crippen LogP contribution in [0.1, 0.15) is 20.3 Å². The second-order valence-electron chi connectivity index (χ2n) is 4.39. The molecule has 1 atom stereocenters. The van der Waals surface area contributed by atoms with Crippen LogP contribution >= 0.6 is 15.9 Å². The van der Waals surface area contributed by atoms with Crippen LogP contribution in [0.15, 0.2) is 28.7 Å². The predicted octanol–water partition coefficient (Wildman–Crippen LogP) is 2.72. The molecule has 0 aromatic heterocycles. The summed E-state index contributed by atoms with van der Waals surface area (Å²) in [6.07, 6.45) is 0.574. The standard InChI is InChI=1S/C12H15BrN2O/c1-8(2)11-7-12(16)15(14-11)10-5-3-4-9(13)6-10/h3-6,8,11,14H,7H2,1-2H3. The zero-order valence-corrected chi connectivity index (χ0v) is 11.0. The van der Waals surface area contributed by atoms with E-state index in [0.717, 1.165) is 10.2 Å². The van der Waals surface area contributed by atoms with E-state index in [4.69, 9.17) is 0 Å². The molecule has 4 heteroatoms. The van der Waals surface area contributed by atoms with Crippen molar-refractivity contribution in [2.75, 3.05) is 5.01 Å². The minimum atomic E-state index is 0.136. The number of anilines is 1. The summed E-state index contributed by atoms with van der Waals surface area (Å²) >= 11 is 3.41. The molecule has 0 radical (unpaired) electrons. The smallest absolute Gasteiger partial charge is 0.243 e. The Bertz CT molecular complexity index is 406. The van der Waals surface area contributed by atoms with Crippen molar-refractivity contribution in [3.05, 3.63) is 28.7 Å². The number of carbonyl (C=O) groups is 1. The molecular weight excluding hydrogens is 268 g/mol. The van der Waals surface area contributed by atoms with Crippen LogP contribution in [-0.2, 0) is 4.79 Å². The van der Waals surface area contributed by atoms with Gasteiger partial charge in [-0.25, -0.2) is 10.4 Å². The summed E-state index contributed by atoms with van der Waals surface area (Å²) in [5.74, 6) is 0.595. The predicted molar refractivity (Wildman–Crippen MR) is 68.0 cm³/mol. The average molecular weight is 283 g/mol. The maximum atomic E-state index is 11.8.